The lowest BCUT2D eigenvalue weighted by Gasteiger charge is -2.27. The van der Waals surface area contributed by atoms with Gasteiger partial charge in [-0.2, -0.15) is 0 Å². The Hall–Kier alpha value is -2.82. The van der Waals surface area contributed by atoms with Crippen LogP contribution in [0.5, 0.6) is 0 Å². The Morgan fingerprint density at radius 2 is 1.89 bits per heavy atom. The molecule has 3 N–H and O–H groups in total. The number of rotatable bonds is 5. The molecule has 1 unspecified atom stereocenters. The molecule has 140 valence electrons. The number of nitrogens with zero attached hydrogens (tertiary/aromatic N) is 2. The van der Waals surface area contributed by atoms with Gasteiger partial charge in [-0.15, -0.1) is 12.3 Å². The molecule has 1 heterocycles. The lowest BCUT2D eigenvalue weighted by Crippen LogP contribution is -2.27. The summed E-state index contributed by atoms with van der Waals surface area (Å²) in [6.07, 6.45) is 5.53. The van der Waals surface area contributed by atoms with E-state index in [0.717, 1.165) is 3.97 Å². The molecule has 0 aliphatic heterocycles. The van der Waals surface area contributed by atoms with E-state index in [2.05, 4.69) is 10.9 Å². The van der Waals surface area contributed by atoms with Crippen molar-refractivity contribution >= 4 is 27.0 Å². The number of benzene rings is 2. The summed E-state index contributed by atoms with van der Waals surface area (Å²) in [7, 11) is -3.72. The van der Waals surface area contributed by atoms with E-state index in [1.807, 2.05) is 6.07 Å². The Kier molecular flexibility index (Phi) is 4.72. The summed E-state index contributed by atoms with van der Waals surface area (Å²) in [4.78, 5) is 4.14. The van der Waals surface area contributed by atoms with Gasteiger partial charge in [-0.05, 0) is 37.1 Å². The smallest absolute Gasteiger partial charge is 0.244 e. The first-order valence-electron chi connectivity index (χ1n) is 8.46. The second-order valence-corrected chi connectivity index (χ2v) is 8.98. The lowest BCUT2D eigenvalue weighted by molar-refractivity contribution is 0.0867. The van der Waals surface area contributed by atoms with Gasteiger partial charge in [-0.3, -0.25) is 0 Å². The van der Waals surface area contributed by atoms with E-state index in [4.69, 9.17) is 12.2 Å². The molecule has 3 aromatic rings. The summed E-state index contributed by atoms with van der Waals surface area (Å²) in [5, 5.41) is 10.7. The van der Waals surface area contributed by atoms with E-state index in [9.17, 15) is 13.5 Å². The molecule has 0 aliphatic carbocycles. The number of aliphatic hydroxyl groups is 1. The van der Waals surface area contributed by atoms with Crippen LogP contribution in [0.3, 0.4) is 0 Å². The van der Waals surface area contributed by atoms with Crippen LogP contribution < -0.4 is 5.73 Å². The first-order valence-corrected chi connectivity index (χ1v) is 9.96. The zero-order chi connectivity index (χ0) is 19.8. The van der Waals surface area contributed by atoms with Gasteiger partial charge in [-0.25, -0.2) is 17.4 Å². The fourth-order valence-corrected chi connectivity index (χ4v) is 4.18. The average molecular weight is 383 g/mol. The second-order valence-electron chi connectivity index (χ2n) is 6.64. The normalized spacial score (nSPS) is 14.2. The van der Waals surface area contributed by atoms with Gasteiger partial charge < -0.3 is 10.8 Å². The molecule has 7 heteroatoms. The minimum absolute atomic E-state index is 0.0308. The molecular weight excluding hydrogens is 362 g/mol. The zero-order valence-corrected chi connectivity index (χ0v) is 15.9. The van der Waals surface area contributed by atoms with Gasteiger partial charge in [0.15, 0.2) is 0 Å². The highest BCUT2D eigenvalue weighted by Gasteiger charge is 2.32. The van der Waals surface area contributed by atoms with Crippen LogP contribution in [0, 0.1) is 12.3 Å². The van der Waals surface area contributed by atoms with Crippen molar-refractivity contribution in [3.63, 3.8) is 0 Å². The molecule has 0 amide bonds. The van der Waals surface area contributed by atoms with Crippen LogP contribution in [0.2, 0.25) is 0 Å². The highest BCUT2D eigenvalue weighted by Crippen LogP contribution is 2.35. The Balaban J connectivity index is 2.29. The van der Waals surface area contributed by atoms with Crippen molar-refractivity contribution in [3.8, 4) is 12.3 Å². The molecule has 0 spiro atoms. The van der Waals surface area contributed by atoms with Crippen molar-refractivity contribution in [3.05, 3.63) is 59.7 Å². The van der Waals surface area contributed by atoms with Crippen LogP contribution in [0.4, 0.5) is 5.95 Å². The van der Waals surface area contributed by atoms with Gasteiger partial charge >= 0.3 is 0 Å². The van der Waals surface area contributed by atoms with Crippen LogP contribution in [0.25, 0.3) is 11.0 Å². The second kappa shape index (κ2) is 6.72. The van der Waals surface area contributed by atoms with Crippen molar-refractivity contribution in [2.75, 3.05) is 5.73 Å². The number of nitrogen functional groups attached to an aromatic ring is 1. The summed E-state index contributed by atoms with van der Waals surface area (Å²) in [6, 6.07) is 13.9. The van der Waals surface area contributed by atoms with Gasteiger partial charge in [0.05, 0.1) is 16.3 Å². The zero-order valence-electron chi connectivity index (χ0n) is 15.1. The lowest BCUT2D eigenvalue weighted by atomic mass is 9.83. The summed E-state index contributed by atoms with van der Waals surface area (Å²) < 4.78 is 26.5. The first-order chi connectivity index (χ1) is 12.7. The number of fused-ring (bicyclic) bond motifs is 1. The van der Waals surface area contributed by atoms with Crippen molar-refractivity contribution in [1.29, 1.82) is 0 Å². The van der Waals surface area contributed by atoms with E-state index in [1.165, 1.54) is 0 Å². The Morgan fingerprint density at radius 1 is 1.22 bits per heavy atom. The standard InChI is InChI=1S/C20H21N3O3S/c1-4-12-20(24,15-8-6-5-7-9-15)16-10-11-17-18(13-16)23(19(21)22-17)27(25,26)14(2)3/h1,5-11,13-14,24H,12H2,2-3H3,(H2,21,22). The molecule has 6 nitrogen and oxygen atoms in total. The fourth-order valence-electron chi connectivity index (χ4n) is 3.04. The van der Waals surface area contributed by atoms with Crippen LogP contribution in [-0.4, -0.2) is 27.7 Å². The summed E-state index contributed by atoms with van der Waals surface area (Å²) in [6.45, 7) is 3.15. The van der Waals surface area contributed by atoms with Crippen molar-refractivity contribution < 1.29 is 13.5 Å². The van der Waals surface area contributed by atoms with E-state index in [-0.39, 0.29) is 12.4 Å². The molecule has 0 saturated heterocycles. The summed E-state index contributed by atoms with van der Waals surface area (Å²) >= 11 is 0. The molecule has 0 radical (unpaired) electrons. The van der Waals surface area contributed by atoms with Gasteiger partial charge in [0.25, 0.3) is 0 Å². The van der Waals surface area contributed by atoms with Crippen molar-refractivity contribution in [2.45, 2.75) is 31.1 Å². The average Bonchev–Trinajstić information content (AvgIpc) is 2.97. The maximum Gasteiger partial charge on any atom is 0.244 e. The third-order valence-corrected chi connectivity index (χ3v) is 6.66. The highest BCUT2D eigenvalue weighted by molar-refractivity contribution is 7.90. The number of anilines is 1. The molecule has 0 aliphatic rings. The number of nitrogens with two attached hydrogens (primary N) is 1. The molecule has 2 aromatic carbocycles. The molecule has 1 aromatic heterocycles. The van der Waals surface area contributed by atoms with Crippen LogP contribution in [0.15, 0.2) is 48.5 Å². The molecule has 1 atom stereocenters. The molecule has 0 saturated carbocycles. The Morgan fingerprint density at radius 3 is 2.48 bits per heavy atom. The number of imidazole rings is 1. The fraction of sp³-hybridized carbons (Fsp3) is 0.250. The largest absolute Gasteiger partial charge is 0.379 e. The third-order valence-electron chi connectivity index (χ3n) is 4.57. The van der Waals surface area contributed by atoms with Gasteiger partial charge in [0.2, 0.25) is 16.0 Å². The SMILES string of the molecule is C#CCC(O)(c1ccccc1)c1ccc2nc(N)n(S(=O)(=O)C(C)C)c2c1. The minimum Gasteiger partial charge on any atom is -0.379 e. The number of hydrogen-bond donors (Lipinski definition) is 2. The van der Waals surface area contributed by atoms with E-state index < -0.39 is 20.9 Å². The highest BCUT2D eigenvalue weighted by atomic mass is 32.2. The van der Waals surface area contributed by atoms with Crippen molar-refractivity contribution in [1.82, 2.24) is 8.96 Å². The number of terminal acetylenes is 1. The van der Waals surface area contributed by atoms with Crippen molar-refractivity contribution in [2.24, 2.45) is 0 Å². The monoisotopic (exact) mass is 383 g/mol. The molecular formula is C20H21N3O3S. The maximum absolute atomic E-state index is 12.7. The molecule has 3 rings (SSSR count). The molecule has 27 heavy (non-hydrogen) atoms. The summed E-state index contributed by atoms with van der Waals surface area (Å²) in [5.41, 5.74) is 6.25. The topological polar surface area (TPSA) is 98.2 Å². The quantitative estimate of drug-likeness (QED) is 0.660. The summed E-state index contributed by atoms with van der Waals surface area (Å²) in [5.74, 6) is 2.39. The number of hydrogen-bond acceptors (Lipinski definition) is 5. The van der Waals surface area contributed by atoms with E-state index >= 15 is 0 Å². The predicted molar refractivity (Wildman–Crippen MR) is 106 cm³/mol. The Labute approximate surface area is 158 Å². The molecule has 0 fully saturated rings. The predicted octanol–water partition coefficient (Wildman–Crippen LogP) is 2.46. The van der Waals surface area contributed by atoms with Gasteiger partial charge in [-0.1, -0.05) is 36.4 Å². The first kappa shape index (κ1) is 19.0. The maximum atomic E-state index is 12.7. The number of aromatic nitrogens is 2. The minimum atomic E-state index is -3.72. The van der Waals surface area contributed by atoms with Crippen LogP contribution >= 0.6 is 0 Å². The van der Waals surface area contributed by atoms with Gasteiger partial charge in [0, 0.05) is 6.42 Å². The third kappa shape index (κ3) is 3.07. The Bertz CT molecular complexity index is 1130. The molecule has 0 bridgehead atoms. The van der Waals surface area contributed by atoms with Gasteiger partial charge in [0.1, 0.15) is 5.60 Å². The van der Waals surface area contributed by atoms with E-state index in [0.29, 0.717) is 22.2 Å². The van der Waals surface area contributed by atoms with E-state index in [1.54, 1.807) is 56.3 Å². The van der Waals surface area contributed by atoms with Crippen LogP contribution in [-0.2, 0) is 15.6 Å². The van der Waals surface area contributed by atoms with Crippen LogP contribution in [0.1, 0.15) is 31.4 Å².